The largest absolute Gasteiger partial charge is 0.466 e. The van der Waals surface area contributed by atoms with Gasteiger partial charge in [0.05, 0.1) is 13.0 Å². The molecule has 0 spiro atoms. The van der Waals surface area contributed by atoms with E-state index in [9.17, 15) is 4.79 Å². The zero-order chi connectivity index (χ0) is 14.4. The van der Waals surface area contributed by atoms with Gasteiger partial charge < -0.3 is 14.9 Å². The zero-order valence-electron chi connectivity index (χ0n) is 12.7. The molecule has 0 radical (unpaired) electrons. The zero-order valence-corrected chi connectivity index (χ0v) is 13.7. The Labute approximate surface area is 112 Å². The second-order valence-corrected chi connectivity index (χ2v) is 11.0. The molecule has 0 aliphatic rings. The van der Waals surface area contributed by atoms with E-state index < -0.39 is 8.32 Å². The van der Waals surface area contributed by atoms with Gasteiger partial charge in [0.25, 0.3) is 0 Å². The van der Waals surface area contributed by atoms with Crippen LogP contribution < -0.4 is 5.73 Å². The number of hydrogen-bond donors (Lipinski definition) is 1. The second kappa shape index (κ2) is 7.26. The molecule has 0 heterocycles. The maximum atomic E-state index is 11.2. The highest BCUT2D eigenvalue weighted by atomic mass is 28.4. The van der Waals surface area contributed by atoms with E-state index >= 15 is 0 Å². The first-order chi connectivity index (χ1) is 8.10. The van der Waals surface area contributed by atoms with Gasteiger partial charge in [0.1, 0.15) is 0 Å². The van der Waals surface area contributed by atoms with Crippen molar-refractivity contribution >= 4 is 14.3 Å². The summed E-state index contributed by atoms with van der Waals surface area (Å²) in [6, 6.07) is -0.172. The molecule has 0 aromatic carbocycles. The van der Waals surface area contributed by atoms with E-state index in [1.54, 1.807) is 6.92 Å². The molecule has 108 valence electrons. The number of carbonyl (C=O) groups excluding carboxylic acids is 1. The molecule has 0 fully saturated rings. The van der Waals surface area contributed by atoms with Gasteiger partial charge in [0.2, 0.25) is 0 Å². The third-order valence-electron chi connectivity index (χ3n) is 3.49. The summed E-state index contributed by atoms with van der Waals surface area (Å²) in [5.41, 5.74) is 5.88. The fourth-order valence-electron chi connectivity index (χ4n) is 1.22. The number of esters is 1. The van der Waals surface area contributed by atoms with Gasteiger partial charge in [-0.1, -0.05) is 20.8 Å². The van der Waals surface area contributed by atoms with E-state index in [1.165, 1.54) is 0 Å². The van der Waals surface area contributed by atoms with Gasteiger partial charge in [-0.2, -0.15) is 0 Å². The smallest absolute Gasteiger partial charge is 0.307 e. The number of ether oxygens (including phenoxy) is 1. The molecule has 0 aliphatic carbocycles. The normalized spacial score (nSPS) is 14.4. The van der Waals surface area contributed by atoms with E-state index in [0.717, 1.165) is 0 Å². The van der Waals surface area contributed by atoms with Crippen LogP contribution in [0.4, 0.5) is 0 Å². The topological polar surface area (TPSA) is 61.5 Å². The first-order valence-electron chi connectivity index (χ1n) is 6.65. The minimum atomic E-state index is -1.70. The molecule has 18 heavy (non-hydrogen) atoms. The Kier molecular flexibility index (Phi) is 7.10. The van der Waals surface area contributed by atoms with Crippen molar-refractivity contribution in [3.05, 3.63) is 0 Å². The van der Waals surface area contributed by atoms with Gasteiger partial charge in [0, 0.05) is 12.6 Å². The molecule has 0 unspecified atom stereocenters. The first kappa shape index (κ1) is 17.6. The Bertz CT molecular complexity index is 261. The van der Waals surface area contributed by atoms with Crippen LogP contribution in [0.1, 0.15) is 40.5 Å². The minimum absolute atomic E-state index is 0.172. The Hall–Kier alpha value is -0.393. The first-order valence-corrected chi connectivity index (χ1v) is 9.56. The highest BCUT2D eigenvalue weighted by Gasteiger charge is 2.36. The molecule has 0 rings (SSSR count). The van der Waals surface area contributed by atoms with Crippen molar-refractivity contribution in [1.29, 1.82) is 0 Å². The van der Waals surface area contributed by atoms with Gasteiger partial charge in [-0.25, -0.2) is 0 Å². The van der Waals surface area contributed by atoms with E-state index in [-0.39, 0.29) is 23.5 Å². The molecule has 0 saturated heterocycles. The van der Waals surface area contributed by atoms with Crippen LogP contribution in [-0.2, 0) is 14.0 Å². The van der Waals surface area contributed by atoms with E-state index in [1.807, 2.05) is 0 Å². The molecule has 5 heteroatoms. The van der Waals surface area contributed by atoms with Crippen LogP contribution in [0.25, 0.3) is 0 Å². The standard InChI is InChI=1S/C13H29NO3Si/c1-7-16-12(15)10-11(14)8-9-17-18(5,6)13(2,3)4/h11H,7-10,14H2,1-6H3/t11-/m1/s1. The Morgan fingerprint density at radius 3 is 2.33 bits per heavy atom. The molecule has 0 bridgehead atoms. The molecule has 0 saturated carbocycles. The van der Waals surface area contributed by atoms with Crippen molar-refractivity contribution < 1.29 is 14.0 Å². The van der Waals surface area contributed by atoms with E-state index in [4.69, 9.17) is 14.9 Å². The maximum absolute atomic E-state index is 11.2. The van der Waals surface area contributed by atoms with E-state index in [2.05, 4.69) is 33.9 Å². The summed E-state index contributed by atoms with van der Waals surface area (Å²) in [5.74, 6) is -0.225. The van der Waals surface area contributed by atoms with Crippen LogP contribution in [0.3, 0.4) is 0 Å². The number of hydrogen-bond acceptors (Lipinski definition) is 4. The van der Waals surface area contributed by atoms with Crippen LogP contribution >= 0.6 is 0 Å². The summed E-state index contributed by atoms with van der Waals surface area (Å²) in [6.45, 7) is 13.9. The highest BCUT2D eigenvalue weighted by molar-refractivity contribution is 6.74. The van der Waals surface area contributed by atoms with Crippen LogP contribution in [0.2, 0.25) is 18.1 Å². The minimum Gasteiger partial charge on any atom is -0.466 e. The third kappa shape index (κ3) is 6.52. The quantitative estimate of drug-likeness (QED) is 0.573. The summed E-state index contributed by atoms with van der Waals surface area (Å²) >= 11 is 0. The predicted octanol–water partition coefficient (Wildman–Crippen LogP) is 2.68. The lowest BCUT2D eigenvalue weighted by atomic mass is 10.2. The lowest BCUT2D eigenvalue weighted by molar-refractivity contribution is -0.143. The summed E-state index contributed by atoms with van der Waals surface area (Å²) in [5, 5.41) is 0.207. The molecular weight excluding hydrogens is 246 g/mol. The van der Waals surface area contributed by atoms with Gasteiger partial charge in [-0.15, -0.1) is 0 Å². The summed E-state index contributed by atoms with van der Waals surface area (Å²) in [4.78, 5) is 11.2. The Morgan fingerprint density at radius 1 is 1.33 bits per heavy atom. The van der Waals surface area contributed by atoms with Gasteiger partial charge in [0.15, 0.2) is 8.32 Å². The monoisotopic (exact) mass is 275 g/mol. The van der Waals surface area contributed by atoms with Crippen molar-refractivity contribution in [3.63, 3.8) is 0 Å². The molecule has 0 aromatic rings. The molecule has 0 aliphatic heterocycles. The van der Waals surface area contributed by atoms with Crippen molar-refractivity contribution in [2.24, 2.45) is 5.73 Å². The third-order valence-corrected chi connectivity index (χ3v) is 8.03. The van der Waals surface area contributed by atoms with Gasteiger partial charge >= 0.3 is 5.97 Å². The van der Waals surface area contributed by atoms with Crippen molar-refractivity contribution in [1.82, 2.24) is 0 Å². The number of carbonyl (C=O) groups is 1. The Balaban J connectivity index is 3.94. The van der Waals surface area contributed by atoms with Crippen LogP contribution in [0.5, 0.6) is 0 Å². The van der Waals surface area contributed by atoms with Crippen molar-refractivity contribution in [2.45, 2.75) is 64.7 Å². The van der Waals surface area contributed by atoms with Crippen molar-refractivity contribution in [3.8, 4) is 0 Å². The van der Waals surface area contributed by atoms with Crippen molar-refractivity contribution in [2.75, 3.05) is 13.2 Å². The van der Waals surface area contributed by atoms with Crippen LogP contribution in [0.15, 0.2) is 0 Å². The maximum Gasteiger partial charge on any atom is 0.307 e. The van der Waals surface area contributed by atoms with E-state index in [0.29, 0.717) is 19.6 Å². The summed E-state index contributed by atoms with van der Waals surface area (Å²) in [6.07, 6.45) is 0.972. The molecule has 4 nitrogen and oxygen atoms in total. The predicted molar refractivity (Wildman–Crippen MR) is 77.0 cm³/mol. The number of nitrogens with two attached hydrogens (primary N) is 1. The average Bonchev–Trinajstić information content (AvgIpc) is 2.15. The lowest BCUT2D eigenvalue weighted by Gasteiger charge is -2.36. The molecule has 1 atom stereocenters. The fourth-order valence-corrected chi connectivity index (χ4v) is 2.28. The molecule has 0 aromatic heterocycles. The summed E-state index contributed by atoms with van der Waals surface area (Å²) in [7, 11) is -1.70. The molecule has 2 N–H and O–H groups in total. The van der Waals surface area contributed by atoms with Crippen LogP contribution in [-0.4, -0.2) is 33.5 Å². The lowest BCUT2D eigenvalue weighted by Crippen LogP contribution is -2.41. The Morgan fingerprint density at radius 2 is 1.89 bits per heavy atom. The second-order valence-electron chi connectivity index (χ2n) is 6.17. The molecular formula is C13H29NO3Si. The van der Waals surface area contributed by atoms with Gasteiger partial charge in [-0.05, 0) is 31.5 Å². The van der Waals surface area contributed by atoms with Crippen LogP contribution in [0, 0.1) is 0 Å². The number of rotatable bonds is 7. The fraction of sp³-hybridized carbons (Fsp3) is 0.923. The summed E-state index contributed by atoms with van der Waals surface area (Å²) < 4.78 is 10.9. The highest BCUT2D eigenvalue weighted by Crippen LogP contribution is 2.36. The molecule has 0 amide bonds. The SMILES string of the molecule is CCOC(=O)C[C@H](N)CCO[Si](C)(C)C(C)(C)C. The average molecular weight is 275 g/mol. The van der Waals surface area contributed by atoms with Gasteiger partial charge in [-0.3, -0.25) is 4.79 Å².